The highest BCUT2D eigenvalue weighted by Crippen LogP contribution is 2.44. The van der Waals surface area contributed by atoms with Gasteiger partial charge in [-0.1, -0.05) is 60.7 Å². The van der Waals surface area contributed by atoms with Crippen molar-refractivity contribution < 1.29 is 18.5 Å². The minimum Gasteiger partial charge on any atom is -0.496 e. The van der Waals surface area contributed by atoms with Gasteiger partial charge in [-0.3, -0.25) is 18.7 Å². The van der Waals surface area contributed by atoms with Crippen LogP contribution in [0.5, 0.6) is 5.75 Å². The van der Waals surface area contributed by atoms with E-state index >= 15 is 0 Å². The molecule has 4 N–H and O–H groups in total. The van der Waals surface area contributed by atoms with Gasteiger partial charge in [0, 0.05) is 58.6 Å². The molecule has 0 aliphatic carbocycles. The molecule has 0 spiro atoms. The summed E-state index contributed by atoms with van der Waals surface area (Å²) in [6.45, 7) is 1.82. The van der Waals surface area contributed by atoms with Crippen molar-refractivity contribution in [2.24, 2.45) is 17.6 Å². The van der Waals surface area contributed by atoms with Gasteiger partial charge >= 0.3 is 0 Å². The van der Waals surface area contributed by atoms with Crippen LogP contribution in [0.1, 0.15) is 29.0 Å². The molecule has 0 saturated carbocycles. The number of nitrogens with one attached hydrogen (secondary N) is 2. The molecule has 6 rings (SSSR count). The number of nitrogens with zero attached hydrogens (tertiary/aromatic N) is 1. The maximum absolute atomic E-state index is 13.3. The van der Waals surface area contributed by atoms with Crippen LogP contribution in [0, 0.1) is 11.8 Å². The Labute approximate surface area is 244 Å². The Hall–Kier alpha value is -3.53. The lowest BCUT2D eigenvalue weighted by Gasteiger charge is -2.56. The van der Waals surface area contributed by atoms with Crippen molar-refractivity contribution in [2.45, 2.75) is 35.9 Å². The third-order valence-corrected chi connectivity index (χ3v) is 9.41. The summed E-state index contributed by atoms with van der Waals surface area (Å²) in [7, 11) is 0.513. The van der Waals surface area contributed by atoms with Gasteiger partial charge in [-0.15, -0.1) is 0 Å². The number of nitrogens with two attached hydrogens (primary N) is 1. The van der Waals surface area contributed by atoms with Crippen molar-refractivity contribution >= 4 is 22.6 Å². The highest BCUT2D eigenvalue weighted by molar-refractivity contribution is 7.84. The molecule has 3 aliphatic rings. The predicted molar refractivity (Wildman–Crippen MR) is 160 cm³/mol. The fourth-order valence-corrected chi connectivity index (χ4v) is 7.22. The second-order valence-electron chi connectivity index (χ2n) is 10.9. The van der Waals surface area contributed by atoms with E-state index in [-0.39, 0.29) is 42.3 Å². The molecule has 0 radical (unpaired) electrons. The van der Waals surface area contributed by atoms with Crippen LogP contribution in [-0.2, 0) is 26.9 Å². The van der Waals surface area contributed by atoms with Gasteiger partial charge in [-0.25, -0.2) is 0 Å². The lowest BCUT2D eigenvalue weighted by Crippen LogP contribution is -2.69. The Bertz CT molecular complexity index is 1350. The Kier molecular flexibility index (Phi) is 9.17. The summed E-state index contributed by atoms with van der Waals surface area (Å²) >= 11 is 0. The summed E-state index contributed by atoms with van der Waals surface area (Å²) < 4.78 is 17.9. The summed E-state index contributed by atoms with van der Waals surface area (Å²) in [6.07, 6.45) is 2.53. The molecule has 3 heterocycles. The Morgan fingerprint density at radius 1 is 1.05 bits per heavy atom. The number of fused-ring (bicyclic) bond motifs is 3. The van der Waals surface area contributed by atoms with Crippen molar-refractivity contribution in [1.29, 1.82) is 0 Å². The molecular weight excluding hydrogens is 536 g/mol. The van der Waals surface area contributed by atoms with Crippen LogP contribution in [0.25, 0.3) is 0 Å². The topological polar surface area (TPSA) is 114 Å². The van der Waals surface area contributed by atoms with E-state index in [0.29, 0.717) is 13.1 Å². The Morgan fingerprint density at radius 3 is 2.29 bits per heavy atom. The van der Waals surface area contributed by atoms with Gasteiger partial charge in [-0.2, -0.15) is 0 Å². The van der Waals surface area contributed by atoms with Crippen molar-refractivity contribution in [1.82, 2.24) is 15.5 Å². The number of ether oxygens (including phenoxy) is 1. The number of amides is 2. The third kappa shape index (κ3) is 6.37. The second-order valence-corrected chi connectivity index (χ2v) is 12.2. The van der Waals surface area contributed by atoms with Crippen LogP contribution in [0.15, 0.2) is 83.8 Å². The lowest BCUT2D eigenvalue weighted by atomic mass is 9.66. The van der Waals surface area contributed by atoms with Gasteiger partial charge < -0.3 is 21.1 Å². The number of carbonyl (C=O) groups excluding carboxylic acids is 2. The van der Waals surface area contributed by atoms with Crippen molar-refractivity contribution in [3.8, 4) is 5.75 Å². The number of carbonyl (C=O) groups is 2. The molecule has 3 aromatic rings. The number of methoxy groups -OCH3 is 1. The van der Waals surface area contributed by atoms with E-state index in [0.717, 1.165) is 29.2 Å². The fourth-order valence-electron chi connectivity index (χ4n) is 6.66. The predicted octanol–water partition coefficient (Wildman–Crippen LogP) is 2.64. The molecule has 3 aliphatic heterocycles. The van der Waals surface area contributed by atoms with Crippen LogP contribution < -0.4 is 21.1 Å². The van der Waals surface area contributed by atoms with Gasteiger partial charge in [0.25, 0.3) is 0 Å². The van der Waals surface area contributed by atoms with E-state index in [2.05, 4.69) is 64.1 Å². The monoisotopic (exact) mass is 574 g/mol. The molecule has 2 unspecified atom stereocenters. The molecule has 3 saturated heterocycles. The number of piperidine rings is 3. The quantitative estimate of drug-likeness (QED) is 0.325. The first-order valence-corrected chi connectivity index (χ1v) is 15.6. The van der Waals surface area contributed by atoms with E-state index < -0.39 is 16.7 Å². The number of hydrogen-bond donors (Lipinski definition) is 3. The molecule has 2 amide bonds. The van der Waals surface area contributed by atoms with Crippen LogP contribution in [0.4, 0.5) is 0 Å². The molecular formula is C32H38N4O4S. The maximum atomic E-state index is 13.3. The van der Waals surface area contributed by atoms with Gasteiger partial charge in [0.05, 0.1) is 19.6 Å². The van der Waals surface area contributed by atoms with E-state index in [1.54, 1.807) is 13.4 Å². The average molecular weight is 575 g/mol. The highest BCUT2D eigenvalue weighted by Gasteiger charge is 2.52. The molecule has 41 heavy (non-hydrogen) atoms. The molecule has 8 nitrogen and oxygen atoms in total. The molecule has 9 heteroatoms. The van der Waals surface area contributed by atoms with E-state index in [4.69, 9.17) is 10.5 Å². The number of primary amides is 1. The molecule has 216 valence electrons. The normalized spacial score (nSPS) is 24.1. The molecule has 2 bridgehead atoms. The van der Waals surface area contributed by atoms with Crippen LogP contribution in [-0.4, -0.2) is 66.0 Å². The van der Waals surface area contributed by atoms with Crippen molar-refractivity contribution in [3.63, 3.8) is 0 Å². The fraction of sp³-hybridized carbons (Fsp3) is 0.375. The lowest BCUT2D eigenvalue weighted by molar-refractivity contribution is -0.136. The van der Waals surface area contributed by atoms with E-state index in [1.165, 1.54) is 11.1 Å². The summed E-state index contributed by atoms with van der Waals surface area (Å²) in [5, 5.41) is 6.59. The summed E-state index contributed by atoms with van der Waals surface area (Å²) in [5.74, 6) is -0.129. The standard InChI is InChI=1S/C32H38N4O4S/c1-40-27-14-13-24(41(2)39)17-23(27)18-34-30-25-15-16-36(20-26(25)32(38)35-19-28(33)37)31(30)29(21-9-5-3-6-10-21)22-11-7-4-8-12-22/h3-14,17,25-26,29-31,34H,15-16,18-20H2,1-2H3,(H2,33,37)(H,35,38)/t25-,26-,30-,31+,41?/m0/s1. The molecule has 6 atom stereocenters. The van der Waals surface area contributed by atoms with Gasteiger partial charge in [-0.05, 0) is 48.2 Å². The Balaban J connectivity index is 1.53. The van der Waals surface area contributed by atoms with Gasteiger partial charge in [0.2, 0.25) is 11.8 Å². The summed E-state index contributed by atoms with van der Waals surface area (Å²) in [5.41, 5.74) is 8.69. The molecule has 3 aromatic carbocycles. The smallest absolute Gasteiger partial charge is 0.236 e. The molecule has 0 aromatic heterocycles. The second kappa shape index (κ2) is 13.0. The zero-order chi connectivity index (χ0) is 28.9. The number of rotatable bonds is 11. The van der Waals surface area contributed by atoms with Crippen molar-refractivity contribution in [2.75, 3.05) is 33.0 Å². The first-order valence-electron chi connectivity index (χ1n) is 14.0. The third-order valence-electron chi connectivity index (χ3n) is 8.49. The van der Waals surface area contributed by atoms with Gasteiger partial charge in [0.1, 0.15) is 5.75 Å². The SMILES string of the molecule is COc1ccc(S(C)=O)cc1CN[C@H]1[C@H]2CCN(C[C@@H]2C(=O)NCC(N)=O)[C@@H]1C(c1ccccc1)c1ccccc1. The van der Waals surface area contributed by atoms with E-state index in [1.807, 2.05) is 30.3 Å². The largest absolute Gasteiger partial charge is 0.496 e. The molecule has 3 fully saturated rings. The number of hydrogen-bond acceptors (Lipinski definition) is 6. The zero-order valence-electron chi connectivity index (χ0n) is 23.5. The minimum absolute atomic E-state index is 0.0438. The maximum Gasteiger partial charge on any atom is 0.236 e. The first kappa shape index (κ1) is 29.0. The number of benzene rings is 3. The minimum atomic E-state index is -1.12. The van der Waals surface area contributed by atoms with E-state index in [9.17, 15) is 13.8 Å². The Morgan fingerprint density at radius 2 is 1.71 bits per heavy atom. The summed E-state index contributed by atoms with van der Waals surface area (Å²) in [4.78, 5) is 27.9. The van der Waals surface area contributed by atoms with Crippen LogP contribution in [0.2, 0.25) is 0 Å². The first-order chi connectivity index (χ1) is 19.9. The van der Waals surface area contributed by atoms with Crippen LogP contribution in [0.3, 0.4) is 0 Å². The average Bonchev–Trinajstić information content (AvgIpc) is 3.00. The van der Waals surface area contributed by atoms with Crippen LogP contribution >= 0.6 is 0 Å². The van der Waals surface area contributed by atoms with Crippen molar-refractivity contribution in [3.05, 3.63) is 95.6 Å². The summed E-state index contributed by atoms with van der Waals surface area (Å²) in [6, 6.07) is 26.7. The van der Waals surface area contributed by atoms with Gasteiger partial charge in [0.15, 0.2) is 0 Å². The zero-order valence-corrected chi connectivity index (χ0v) is 24.3. The highest BCUT2D eigenvalue weighted by atomic mass is 32.2.